The van der Waals surface area contributed by atoms with Crippen molar-refractivity contribution in [2.24, 2.45) is 0 Å². The first kappa shape index (κ1) is 15.1. The maximum atomic E-state index is 11.9. The zero-order valence-corrected chi connectivity index (χ0v) is 14.0. The predicted octanol–water partition coefficient (Wildman–Crippen LogP) is 4.65. The summed E-state index contributed by atoms with van der Waals surface area (Å²) in [6.07, 6.45) is 1.93. The van der Waals surface area contributed by atoms with Gasteiger partial charge in [-0.1, -0.05) is 12.1 Å². The second-order valence-electron chi connectivity index (χ2n) is 4.93. The largest absolute Gasteiger partial charge is 0.325 e. The molecule has 1 heterocycles. The number of nitrogens with one attached hydrogen (secondary N) is 1. The van der Waals surface area contributed by atoms with Gasteiger partial charge in [-0.15, -0.1) is 11.3 Å². The first-order valence-electron chi connectivity index (χ1n) is 6.97. The third kappa shape index (κ3) is 3.15. The number of para-hydroxylation sites is 1. The molecule has 0 fully saturated rings. The molecule has 5 heteroatoms. The van der Waals surface area contributed by atoms with E-state index in [0.717, 1.165) is 21.8 Å². The number of carbonyl (C=O) groups is 1. The zero-order valence-electron chi connectivity index (χ0n) is 12.4. The van der Waals surface area contributed by atoms with Gasteiger partial charge in [0.15, 0.2) is 0 Å². The Morgan fingerprint density at radius 1 is 1.18 bits per heavy atom. The van der Waals surface area contributed by atoms with Gasteiger partial charge < -0.3 is 5.32 Å². The number of thiazole rings is 1. The van der Waals surface area contributed by atoms with Crippen LogP contribution in [0.15, 0.2) is 48.5 Å². The maximum absolute atomic E-state index is 11.9. The summed E-state index contributed by atoms with van der Waals surface area (Å²) in [5.74, 6) is 0.0280. The number of anilines is 1. The summed E-state index contributed by atoms with van der Waals surface area (Å²) in [6.45, 7) is 1.90. The average molecular weight is 328 g/mol. The minimum absolute atomic E-state index is 0.0280. The average Bonchev–Trinajstić information content (AvgIpc) is 2.98. The second-order valence-corrected chi connectivity index (χ2v) is 7.14. The van der Waals surface area contributed by atoms with Crippen molar-refractivity contribution in [3.8, 4) is 10.6 Å². The summed E-state index contributed by atoms with van der Waals surface area (Å²) in [7, 11) is 0. The number of carbonyl (C=O) groups excluding carboxylic acids is 1. The van der Waals surface area contributed by atoms with E-state index in [0.29, 0.717) is 0 Å². The predicted molar refractivity (Wildman–Crippen MR) is 96.7 cm³/mol. The molecule has 112 valence electrons. The van der Waals surface area contributed by atoms with Crippen molar-refractivity contribution < 1.29 is 4.79 Å². The smallest absolute Gasteiger partial charge is 0.237 e. The van der Waals surface area contributed by atoms with E-state index in [1.165, 1.54) is 16.5 Å². The maximum Gasteiger partial charge on any atom is 0.237 e. The molecule has 3 nitrogen and oxygen atoms in total. The van der Waals surface area contributed by atoms with Gasteiger partial charge in [-0.2, -0.15) is 11.8 Å². The van der Waals surface area contributed by atoms with Crippen LogP contribution in [0.2, 0.25) is 0 Å². The van der Waals surface area contributed by atoms with Crippen molar-refractivity contribution in [3.63, 3.8) is 0 Å². The second kappa shape index (κ2) is 6.50. The van der Waals surface area contributed by atoms with Crippen molar-refractivity contribution in [1.82, 2.24) is 4.98 Å². The van der Waals surface area contributed by atoms with Gasteiger partial charge in [0.1, 0.15) is 5.01 Å². The van der Waals surface area contributed by atoms with E-state index in [-0.39, 0.29) is 11.2 Å². The lowest BCUT2D eigenvalue weighted by Crippen LogP contribution is -2.21. The van der Waals surface area contributed by atoms with E-state index in [1.54, 1.807) is 11.3 Å². The first-order chi connectivity index (χ1) is 10.7. The highest BCUT2D eigenvalue weighted by molar-refractivity contribution is 7.99. The lowest BCUT2D eigenvalue weighted by atomic mass is 10.2. The number of amides is 1. The number of hydrogen-bond acceptors (Lipinski definition) is 4. The van der Waals surface area contributed by atoms with Crippen LogP contribution in [-0.4, -0.2) is 22.4 Å². The number of rotatable bonds is 4. The molecular weight excluding hydrogens is 312 g/mol. The molecule has 0 bridgehead atoms. The normalized spacial score (nSPS) is 12.3. The highest BCUT2D eigenvalue weighted by Crippen LogP contribution is 2.30. The van der Waals surface area contributed by atoms with E-state index in [4.69, 9.17) is 0 Å². The van der Waals surface area contributed by atoms with Gasteiger partial charge in [0.25, 0.3) is 0 Å². The third-order valence-corrected chi connectivity index (χ3v) is 5.42. The van der Waals surface area contributed by atoms with Crippen LogP contribution in [0.5, 0.6) is 0 Å². The lowest BCUT2D eigenvalue weighted by Gasteiger charge is -2.09. The van der Waals surface area contributed by atoms with Crippen LogP contribution in [0.1, 0.15) is 6.92 Å². The van der Waals surface area contributed by atoms with Gasteiger partial charge in [-0.3, -0.25) is 4.79 Å². The molecule has 1 aromatic heterocycles. The Bertz CT molecular complexity index is 763. The molecule has 3 rings (SSSR count). The lowest BCUT2D eigenvalue weighted by molar-refractivity contribution is -0.115. The van der Waals surface area contributed by atoms with Gasteiger partial charge in [0, 0.05) is 11.3 Å². The van der Waals surface area contributed by atoms with Crippen LogP contribution in [0.3, 0.4) is 0 Å². The highest BCUT2D eigenvalue weighted by Gasteiger charge is 2.11. The Balaban J connectivity index is 1.80. The standard InChI is InChI=1S/C17H16N2OS2/c1-11(21-2)16(20)18-13-9-7-12(8-10-13)17-19-14-5-3-4-6-15(14)22-17/h3-11H,1-2H3,(H,18,20). The molecule has 0 radical (unpaired) electrons. The fourth-order valence-corrected chi connectivity index (χ4v) is 3.29. The van der Waals surface area contributed by atoms with Crippen molar-refractivity contribution >= 4 is 44.9 Å². The van der Waals surface area contributed by atoms with E-state index >= 15 is 0 Å². The molecule has 22 heavy (non-hydrogen) atoms. The Morgan fingerprint density at radius 2 is 1.91 bits per heavy atom. The first-order valence-corrected chi connectivity index (χ1v) is 9.07. The Hall–Kier alpha value is -1.85. The zero-order chi connectivity index (χ0) is 15.5. The van der Waals surface area contributed by atoms with Gasteiger partial charge >= 0.3 is 0 Å². The van der Waals surface area contributed by atoms with Gasteiger partial charge in [-0.05, 0) is 49.6 Å². The molecule has 0 saturated heterocycles. The summed E-state index contributed by atoms with van der Waals surface area (Å²) in [5, 5.41) is 3.87. The minimum Gasteiger partial charge on any atom is -0.325 e. The minimum atomic E-state index is -0.0519. The summed E-state index contributed by atoms with van der Waals surface area (Å²) < 4.78 is 1.18. The fraction of sp³-hybridized carbons (Fsp3) is 0.176. The third-order valence-electron chi connectivity index (χ3n) is 3.42. The van der Waals surface area contributed by atoms with Crippen molar-refractivity contribution in [2.45, 2.75) is 12.2 Å². The summed E-state index contributed by atoms with van der Waals surface area (Å²) >= 11 is 3.21. The van der Waals surface area contributed by atoms with Crippen molar-refractivity contribution in [3.05, 3.63) is 48.5 Å². The van der Waals surface area contributed by atoms with Crippen LogP contribution in [0, 0.1) is 0 Å². The van der Waals surface area contributed by atoms with Crippen molar-refractivity contribution in [1.29, 1.82) is 0 Å². The molecule has 0 spiro atoms. The highest BCUT2D eigenvalue weighted by atomic mass is 32.2. The Kier molecular flexibility index (Phi) is 4.45. The van der Waals surface area contributed by atoms with E-state index in [1.807, 2.05) is 55.6 Å². The topological polar surface area (TPSA) is 42.0 Å². The number of hydrogen-bond donors (Lipinski definition) is 1. The summed E-state index contributed by atoms with van der Waals surface area (Å²) in [6, 6.07) is 16.0. The van der Waals surface area contributed by atoms with E-state index < -0.39 is 0 Å². The molecule has 0 saturated carbocycles. The Labute approximate surface area is 137 Å². The van der Waals surface area contributed by atoms with Crippen LogP contribution in [-0.2, 0) is 4.79 Å². The molecule has 0 aliphatic rings. The van der Waals surface area contributed by atoms with E-state index in [9.17, 15) is 4.79 Å². The number of aromatic nitrogens is 1. The van der Waals surface area contributed by atoms with Crippen LogP contribution in [0.25, 0.3) is 20.8 Å². The molecule has 2 aromatic carbocycles. The monoisotopic (exact) mass is 328 g/mol. The summed E-state index contributed by atoms with van der Waals surface area (Å²) in [5.41, 5.74) is 2.90. The van der Waals surface area contributed by atoms with Gasteiger partial charge in [0.2, 0.25) is 5.91 Å². The molecule has 0 aliphatic heterocycles. The quantitative estimate of drug-likeness (QED) is 0.758. The van der Waals surface area contributed by atoms with Crippen LogP contribution < -0.4 is 5.32 Å². The fourth-order valence-electron chi connectivity index (χ4n) is 2.04. The summed E-state index contributed by atoms with van der Waals surface area (Å²) in [4.78, 5) is 16.5. The van der Waals surface area contributed by atoms with E-state index in [2.05, 4.69) is 16.4 Å². The number of fused-ring (bicyclic) bond motifs is 1. The van der Waals surface area contributed by atoms with Gasteiger partial charge in [0.05, 0.1) is 15.5 Å². The van der Waals surface area contributed by atoms with Crippen molar-refractivity contribution in [2.75, 3.05) is 11.6 Å². The molecular formula is C17H16N2OS2. The SMILES string of the molecule is CSC(C)C(=O)Nc1ccc(-c2nc3ccccc3s2)cc1. The number of benzene rings is 2. The number of nitrogens with zero attached hydrogens (tertiary/aromatic N) is 1. The molecule has 1 unspecified atom stereocenters. The Morgan fingerprint density at radius 3 is 2.59 bits per heavy atom. The van der Waals surface area contributed by atoms with Gasteiger partial charge in [-0.25, -0.2) is 4.98 Å². The molecule has 1 amide bonds. The van der Waals surface area contributed by atoms with Crippen LogP contribution >= 0.6 is 23.1 Å². The van der Waals surface area contributed by atoms with Crippen LogP contribution in [0.4, 0.5) is 5.69 Å². The molecule has 1 atom stereocenters. The number of thioether (sulfide) groups is 1. The molecule has 1 N–H and O–H groups in total. The molecule has 3 aromatic rings. The molecule has 0 aliphatic carbocycles.